The Labute approximate surface area is 115 Å². The van der Waals surface area contributed by atoms with Crippen LogP contribution in [0.25, 0.3) is 0 Å². The predicted molar refractivity (Wildman–Crippen MR) is 78.7 cm³/mol. The number of sulfonamides is 1. The van der Waals surface area contributed by atoms with E-state index < -0.39 is 10.0 Å². The summed E-state index contributed by atoms with van der Waals surface area (Å²) in [6, 6.07) is 0. The number of hydrogen-bond acceptors (Lipinski definition) is 3. The van der Waals surface area contributed by atoms with Gasteiger partial charge in [0.1, 0.15) is 0 Å². The Balaban J connectivity index is 2.19. The summed E-state index contributed by atoms with van der Waals surface area (Å²) in [7, 11) is -1.55. The average molecular weight is 288 g/mol. The number of guanidine groups is 1. The molecule has 7 heteroatoms. The van der Waals surface area contributed by atoms with E-state index in [0.29, 0.717) is 31.5 Å². The molecule has 1 rings (SSSR count). The van der Waals surface area contributed by atoms with Crippen LogP contribution in [-0.2, 0) is 10.0 Å². The molecule has 0 aromatic carbocycles. The number of rotatable bonds is 8. The van der Waals surface area contributed by atoms with Gasteiger partial charge in [0.25, 0.3) is 0 Å². The fraction of sp³-hybridized carbons (Fsp3) is 0.750. The molecule has 1 aliphatic carbocycles. The highest BCUT2D eigenvalue weighted by Gasteiger charge is 2.19. The first-order valence-electron chi connectivity index (χ1n) is 6.60. The molecular formula is C12H24N4O2S. The average Bonchev–Trinajstić information content (AvgIpc) is 2.31. The zero-order valence-electron chi connectivity index (χ0n) is 11.5. The highest BCUT2D eigenvalue weighted by Crippen LogP contribution is 2.25. The van der Waals surface area contributed by atoms with Gasteiger partial charge in [0, 0.05) is 26.7 Å². The van der Waals surface area contributed by atoms with Gasteiger partial charge >= 0.3 is 0 Å². The van der Waals surface area contributed by atoms with Gasteiger partial charge in [-0.2, -0.15) is 0 Å². The predicted octanol–water partition coefficient (Wildman–Crippen LogP) is 0.0569. The Morgan fingerprint density at radius 1 is 1.42 bits per heavy atom. The van der Waals surface area contributed by atoms with Crippen LogP contribution < -0.4 is 15.4 Å². The molecule has 0 radical (unpaired) electrons. The second-order valence-corrected chi connectivity index (χ2v) is 6.56. The molecule has 6 nitrogen and oxygen atoms in total. The van der Waals surface area contributed by atoms with Crippen molar-refractivity contribution in [3.05, 3.63) is 12.7 Å². The van der Waals surface area contributed by atoms with E-state index in [1.807, 2.05) is 0 Å². The summed E-state index contributed by atoms with van der Waals surface area (Å²) < 4.78 is 26.1. The summed E-state index contributed by atoms with van der Waals surface area (Å²) in [5.74, 6) is 1.16. The maximum atomic E-state index is 11.7. The van der Waals surface area contributed by atoms with Crippen LogP contribution >= 0.6 is 0 Å². The lowest BCUT2D eigenvalue weighted by molar-refractivity contribution is 0.316. The number of nitrogens with one attached hydrogen (secondary N) is 3. The SMILES string of the molecule is C=CCNC(=NC)NCCS(=O)(=O)NCC1CCC1. The highest BCUT2D eigenvalue weighted by molar-refractivity contribution is 7.89. The Hall–Kier alpha value is -1.08. The van der Waals surface area contributed by atoms with E-state index in [4.69, 9.17) is 0 Å². The summed E-state index contributed by atoms with van der Waals surface area (Å²) >= 11 is 0. The molecule has 0 spiro atoms. The lowest BCUT2D eigenvalue weighted by atomic mass is 9.86. The van der Waals surface area contributed by atoms with Crippen molar-refractivity contribution in [2.24, 2.45) is 10.9 Å². The Kier molecular flexibility index (Phi) is 6.86. The largest absolute Gasteiger partial charge is 0.355 e. The van der Waals surface area contributed by atoms with Gasteiger partial charge in [-0.25, -0.2) is 13.1 Å². The van der Waals surface area contributed by atoms with Crippen LogP contribution in [0.1, 0.15) is 19.3 Å². The highest BCUT2D eigenvalue weighted by atomic mass is 32.2. The summed E-state index contributed by atoms with van der Waals surface area (Å²) in [4.78, 5) is 3.97. The monoisotopic (exact) mass is 288 g/mol. The molecule has 0 atom stereocenters. The van der Waals surface area contributed by atoms with Gasteiger partial charge in [0.05, 0.1) is 5.75 Å². The second kappa shape index (κ2) is 8.16. The van der Waals surface area contributed by atoms with Crippen LogP contribution in [0.5, 0.6) is 0 Å². The first-order valence-corrected chi connectivity index (χ1v) is 8.25. The van der Waals surface area contributed by atoms with Crippen molar-refractivity contribution in [1.29, 1.82) is 0 Å². The third-order valence-corrected chi connectivity index (χ3v) is 4.47. The third-order valence-electron chi connectivity index (χ3n) is 3.12. The summed E-state index contributed by atoms with van der Waals surface area (Å²) in [6.07, 6.45) is 5.21. The van der Waals surface area contributed by atoms with Crippen LogP contribution in [0.15, 0.2) is 17.6 Å². The van der Waals surface area contributed by atoms with Crippen LogP contribution in [0.4, 0.5) is 0 Å². The first-order chi connectivity index (χ1) is 9.07. The normalized spacial score (nSPS) is 16.8. The van der Waals surface area contributed by atoms with Crippen LogP contribution in [0.2, 0.25) is 0 Å². The Morgan fingerprint density at radius 3 is 2.68 bits per heavy atom. The standard InChI is InChI=1S/C12H24N4O2S/c1-3-7-14-12(13-2)15-8-9-19(17,18)16-10-11-5-4-6-11/h3,11,16H,1,4-10H2,2H3,(H2,13,14,15). The molecule has 0 aromatic rings. The van der Waals surface area contributed by atoms with Crippen molar-refractivity contribution in [3.8, 4) is 0 Å². The molecular weight excluding hydrogens is 264 g/mol. The summed E-state index contributed by atoms with van der Waals surface area (Å²) in [5, 5.41) is 5.93. The number of hydrogen-bond donors (Lipinski definition) is 3. The zero-order chi connectivity index (χ0) is 14.1. The van der Waals surface area contributed by atoms with Gasteiger partial charge in [0.2, 0.25) is 10.0 Å². The van der Waals surface area contributed by atoms with E-state index in [1.165, 1.54) is 6.42 Å². The van der Waals surface area contributed by atoms with E-state index >= 15 is 0 Å². The molecule has 0 amide bonds. The fourth-order valence-corrected chi connectivity index (χ4v) is 2.71. The molecule has 1 aliphatic rings. The quantitative estimate of drug-likeness (QED) is 0.335. The van der Waals surface area contributed by atoms with Crippen molar-refractivity contribution in [3.63, 3.8) is 0 Å². The van der Waals surface area contributed by atoms with E-state index in [1.54, 1.807) is 13.1 Å². The van der Waals surface area contributed by atoms with Gasteiger partial charge < -0.3 is 10.6 Å². The summed E-state index contributed by atoms with van der Waals surface area (Å²) in [5.41, 5.74) is 0. The lowest BCUT2D eigenvalue weighted by Crippen LogP contribution is -2.42. The first kappa shape index (κ1) is 16.0. The van der Waals surface area contributed by atoms with Gasteiger partial charge in [-0.05, 0) is 18.8 Å². The molecule has 110 valence electrons. The van der Waals surface area contributed by atoms with E-state index in [0.717, 1.165) is 12.8 Å². The molecule has 1 fully saturated rings. The Morgan fingerprint density at radius 2 is 2.16 bits per heavy atom. The van der Waals surface area contributed by atoms with Crippen molar-refractivity contribution >= 4 is 16.0 Å². The molecule has 19 heavy (non-hydrogen) atoms. The molecule has 3 N–H and O–H groups in total. The zero-order valence-corrected chi connectivity index (χ0v) is 12.3. The molecule has 1 saturated carbocycles. The van der Waals surface area contributed by atoms with Crippen molar-refractivity contribution in [1.82, 2.24) is 15.4 Å². The maximum absolute atomic E-state index is 11.7. The summed E-state index contributed by atoms with van der Waals surface area (Å²) in [6.45, 7) is 5.08. The van der Waals surface area contributed by atoms with E-state index in [-0.39, 0.29) is 5.75 Å². The maximum Gasteiger partial charge on any atom is 0.213 e. The molecule has 0 aliphatic heterocycles. The molecule has 0 heterocycles. The minimum absolute atomic E-state index is 0.0501. The minimum atomic E-state index is -3.19. The third kappa shape index (κ3) is 6.58. The topological polar surface area (TPSA) is 82.6 Å². The van der Waals surface area contributed by atoms with Gasteiger partial charge in [-0.3, -0.25) is 4.99 Å². The fourth-order valence-electron chi connectivity index (χ4n) is 1.71. The van der Waals surface area contributed by atoms with Crippen LogP contribution in [0, 0.1) is 5.92 Å². The van der Waals surface area contributed by atoms with Gasteiger partial charge in [0.15, 0.2) is 5.96 Å². The minimum Gasteiger partial charge on any atom is -0.355 e. The van der Waals surface area contributed by atoms with Crippen LogP contribution in [-0.4, -0.2) is 46.8 Å². The number of nitrogens with zero attached hydrogens (tertiary/aromatic N) is 1. The van der Waals surface area contributed by atoms with Crippen molar-refractivity contribution in [2.75, 3.05) is 32.4 Å². The Bertz CT molecular complexity index is 402. The molecule has 0 aromatic heterocycles. The number of aliphatic imine (C=N–C) groups is 1. The van der Waals surface area contributed by atoms with Crippen LogP contribution in [0.3, 0.4) is 0 Å². The van der Waals surface area contributed by atoms with E-state index in [2.05, 4.69) is 26.9 Å². The van der Waals surface area contributed by atoms with E-state index in [9.17, 15) is 8.42 Å². The molecule has 0 saturated heterocycles. The molecule has 0 unspecified atom stereocenters. The van der Waals surface area contributed by atoms with Crippen molar-refractivity contribution < 1.29 is 8.42 Å². The molecule has 0 bridgehead atoms. The van der Waals surface area contributed by atoms with Crippen molar-refractivity contribution in [2.45, 2.75) is 19.3 Å². The van der Waals surface area contributed by atoms with Gasteiger partial charge in [-0.1, -0.05) is 12.5 Å². The van der Waals surface area contributed by atoms with Gasteiger partial charge in [-0.15, -0.1) is 6.58 Å². The lowest BCUT2D eigenvalue weighted by Gasteiger charge is -2.25. The second-order valence-electron chi connectivity index (χ2n) is 4.63. The smallest absolute Gasteiger partial charge is 0.213 e.